The lowest BCUT2D eigenvalue weighted by Gasteiger charge is -2.20. The minimum Gasteiger partial charge on any atom is -0.366 e. The number of rotatable bonds is 1. The van der Waals surface area contributed by atoms with Crippen molar-refractivity contribution >= 4 is 17.2 Å². The second-order valence-electron chi connectivity index (χ2n) is 3.74. The van der Waals surface area contributed by atoms with Crippen molar-refractivity contribution in [2.75, 3.05) is 5.32 Å². The number of carbonyl (C=O) groups excluding carboxylic acids is 1. The fraction of sp³-hybridized carbons (Fsp3) is 0.0833. The molecule has 0 saturated carbocycles. The number of carbonyl (C=O) groups is 1. The summed E-state index contributed by atoms with van der Waals surface area (Å²) in [6.45, 7) is 5.40. The van der Waals surface area contributed by atoms with Crippen LogP contribution in [0.25, 0.3) is 5.57 Å². The highest BCUT2D eigenvalue weighted by Gasteiger charge is 2.21. The monoisotopic (exact) mass is 218 g/mol. The lowest BCUT2D eigenvalue weighted by molar-refractivity contribution is -0.112. The first kappa shape index (κ1) is 10.4. The zero-order chi connectivity index (χ0) is 11.9. The molecule has 1 aromatic carbocycles. The highest BCUT2D eigenvalue weighted by atomic mass is 19.1. The molecule has 1 amide bonds. The van der Waals surface area contributed by atoms with E-state index < -0.39 is 11.7 Å². The molecule has 82 valence electrons. The van der Waals surface area contributed by atoms with E-state index in [1.165, 1.54) is 12.1 Å². The second-order valence-corrected chi connectivity index (χ2v) is 3.74. The molecule has 3 nitrogen and oxygen atoms in total. The van der Waals surface area contributed by atoms with E-state index in [0.29, 0.717) is 11.3 Å². The van der Waals surface area contributed by atoms with Crippen molar-refractivity contribution in [1.29, 1.82) is 0 Å². The van der Waals surface area contributed by atoms with Gasteiger partial charge < -0.3 is 11.1 Å². The first-order chi connectivity index (χ1) is 7.49. The van der Waals surface area contributed by atoms with Gasteiger partial charge in [-0.05, 0) is 30.7 Å². The molecule has 16 heavy (non-hydrogen) atoms. The van der Waals surface area contributed by atoms with E-state index in [2.05, 4.69) is 11.9 Å². The highest BCUT2D eigenvalue weighted by molar-refractivity contribution is 6.21. The van der Waals surface area contributed by atoms with E-state index in [-0.39, 0.29) is 11.3 Å². The SMILES string of the molecule is C=C1C=C(C(N)=O)c2cc(C)cc(F)c2N1. The summed E-state index contributed by atoms with van der Waals surface area (Å²) in [6, 6.07) is 3.11. The third kappa shape index (κ3) is 1.58. The van der Waals surface area contributed by atoms with Crippen LogP contribution in [0.2, 0.25) is 0 Å². The number of aryl methyl sites for hydroxylation is 1. The van der Waals surface area contributed by atoms with Crippen LogP contribution in [0.5, 0.6) is 0 Å². The van der Waals surface area contributed by atoms with Gasteiger partial charge in [0.15, 0.2) is 0 Å². The average Bonchev–Trinajstić information content (AvgIpc) is 2.18. The summed E-state index contributed by atoms with van der Waals surface area (Å²) in [6.07, 6.45) is 1.52. The fourth-order valence-electron chi connectivity index (χ4n) is 1.73. The van der Waals surface area contributed by atoms with Crippen molar-refractivity contribution in [3.63, 3.8) is 0 Å². The summed E-state index contributed by atoms with van der Waals surface area (Å²) in [4.78, 5) is 11.2. The minimum atomic E-state index is -0.589. The van der Waals surface area contributed by atoms with Crippen molar-refractivity contribution in [1.82, 2.24) is 0 Å². The van der Waals surface area contributed by atoms with Crippen LogP contribution >= 0.6 is 0 Å². The number of nitrogens with two attached hydrogens (primary N) is 1. The lowest BCUT2D eigenvalue weighted by atomic mass is 9.96. The number of hydrogen-bond acceptors (Lipinski definition) is 2. The molecule has 1 heterocycles. The van der Waals surface area contributed by atoms with E-state index in [1.807, 2.05) is 0 Å². The normalized spacial score (nSPS) is 13.9. The van der Waals surface area contributed by atoms with E-state index >= 15 is 0 Å². The Labute approximate surface area is 92.5 Å². The number of allylic oxidation sites excluding steroid dienone is 1. The number of halogens is 1. The zero-order valence-electron chi connectivity index (χ0n) is 8.80. The van der Waals surface area contributed by atoms with Crippen molar-refractivity contribution in [2.24, 2.45) is 5.73 Å². The Morgan fingerprint density at radius 3 is 2.81 bits per heavy atom. The molecule has 0 saturated heterocycles. The van der Waals surface area contributed by atoms with Crippen LogP contribution in [0.4, 0.5) is 10.1 Å². The average molecular weight is 218 g/mol. The van der Waals surface area contributed by atoms with E-state index in [9.17, 15) is 9.18 Å². The first-order valence-electron chi connectivity index (χ1n) is 4.77. The number of primary amides is 1. The van der Waals surface area contributed by atoms with Crippen LogP contribution in [0.1, 0.15) is 11.1 Å². The Morgan fingerprint density at radius 2 is 2.19 bits per heavy atom. The predicted octanol–water partition coefficient (Wildman–Crippen LogP) is 1.94. The Hall–Kier alpha value is -2.10. The van der Waals surface area contributed by atoms with Gasteiger partial charge in [-0.3, -0.25) is 4.79 Å². The Morgan fingerprint density at radius 1 is 1.50 bits per heavy atom. The summed E-state index contributed by atoms with van der Waals surface area (Å²) < 4.78 is 13.7. The molecule has 0 bridgehead atoms. The molecule has 1 aliphatic heterocycles. The standard InChI is InChI=1S/C12H11FN2O/c1-6-3-8-9(12(14)16)5-7(2)15-11(8)10(13)4-6/h3-5,15H,2H2,1H3,(H2,14,16). The van der Waals surface area contributed by atoms with E-state index in [0.717, 1.165) is 5.56 Å². The molecule has 2 rings (SSSR count). The lowest BCUT2D eigenvalue weighted by Crippen LogP contribution is -2.18. The van der Waals surface area contributed by atoms with Crippen LogP contribution in [0, 0.1) is 12.7 Å². The molecule has 0 atom stereocenters. The largest absolute Gasteiger partial charge is 0.366 e. The van der Waals surface area contributed by atoms with Crippen LogP contribution < -0.4 is 11.1 Å². The topological polar surface area (TPSA) is 55.1 Å². The molecule has 0 aliphatic carbocycles. The molecule has 4 heteroatoms. The molecule has 1 aromatic rings. The van der Waals surface area contributed by atoms with Gasteiger partial charge in [0.2, 0.25) is 5.91 Å². The van der Waals surface area contributed by atoms with Gasteiger partial charge in [-0.15, -0.1) is 0 Å². The van der Waals surface area contributed by atoms with Gasteiger partial charge >= 0.3 is 0 Å². The number of anilines is 1. The quantitative estimate of drug-likeness (QED) is 0.756. The van der Waals surface area contributed by atoms with Gasteiger partial charge in [0.05, 0.1) is 11.3 Å². The summed E-state index contributed by atoms with van der Waals surface area (Å²) >= 11 is 0. The molecule has 0 unspecified atom stereocenters. The zero-order valence-corrected chi connectivity index (χ0v) is 8.80. The third-order valence-electron chi connectivity index (χ3n) is 2.39. The summed E-state index contributed by atoms with van der Waals surface area (Å²) in [5, 5.41) is 2.79. The van der Waals surface area contributed by atoms with Crippen molar-refractivity contribution in [3.8, 4) is 0 Å². The van der Waals surface area contributed by atoms with E-state index in [1.54, 1.807) is 13.0 Å². The first-order valence-corrected chi connectivity index (χ1v) is 4.77. The molecule has 0 aromatic heterocycles. The molecule has 0 fully saturated rings. The third-order valence-corrected chi connectivity index (χ3v) is 2.39. The predicted molar refractivity (Wildman–Crippen MR) is 61.1 cm³/mol. The molecular weight excluding hydrogens is 207 g/mol. The van der Waals surface area contributed by atoms with Crippen LogP contribution in [-0.2, 0) is 4.79 Å². The molecule has 1 aliphatic rings. The Balaban J connectivity index is 2.71. The number of nitrogens with one attached hydrogen (secondary N) is 1. The van der Waals surface area contributed by atoms with Crippen LogP contribution in [0.3, 0.4) is 0 Å². The van der Waals surface area contributed by atoms with Gasteiger partial charge in [-0.2, -0.15) is 0 Å². The Kier molecular flexibility index (Phi) is 2.27. The van der Waals surface area contributed by atoms with Gasteiger partial charge in [0.25, 0.3) is 0 Å². The maximum Gasteiger partial charge on any atom is 0.249 e. The number of benzene rings is 1. The van der Waals surface area contributed by atoms with Gasteiger partial charge in [0, 0.05) is 11.3 Å². The molecular formula is C12H11FN2O. The van der Waals surface area contributed by atoms with E-state index in [4.69, 9.17) is 5.73 Å². The Bertz CT molecular complexity index is 532. The summed E-state index contributed by atoms with van der Waals surface area (Å²) in [7, 11) is 0. The second kappa shape index (κ2) is 3.48. The van der Waals surface area contributed by atoms with Crippen molar-refractivity contribution < 1.29 is 9.18 Å². The molecule has 0 radical (unpaired) electrons. The highest BCUT2D eigenvalue weighted by Crippen LogP contribution is 2.33. The van der Waals surface area contributed by atoms with Crippen molar-refractivity contribution in [2.45, 2.75) is 6.92 Å². The fourth-order valence-corrected chi connectivity index (χ4v) is 1.73. The summed E-state index contributed by atoms with van der Waals surface area (Å²) in [5.74, 6) is -1.00. The maximum absolute atomic E-state index is 13.7. The maximum atomic E-state index is 13.7. The van der Waals surface area contributed by atoms with Gasteiger partial charge in [-0.25, -0.2) is 4.39 Å². The number of amides is 1. The van der Waals surface area contributed by atoms with Crippen LogP contribution in [0.15, 0.2) is 30.5 Å². The van der Waals surface area contributed by atoms with Gasteiger partial charge in [-0.1, -0.05) is 6.58 Å². The number of hydrogen-bond donors (Lipinski definition) is 2. The minimum absolute atomic E-state index is 0.256. The van der Waals surface area contributed by atoms with Crippen molar-refractivity contribution in [3.05, 3.63) is 47.4 Å². The van der Waals surface area contributed by atoms with Gasteiger partial charge in [0.1, 0.15) is 5.82 Å². The smallest absolute Gasteiger partial charge is 0.249 e. The number of fused-ring (bicyclic) bond motifs is 1. The van der Waals surface area contributed by atoms with Crippen LogP contribution in [-0.4, -0.2) is 5.91 Å². The summed E-state index contributed by atoms with van der Waals surface area (Å²) in [5.41, 5.74) is 7.45. The molecule has 0 spiro atoms. The molecule has 3 N–H and O–H groups in total.